The summed E-state index contributed by atoms with van der Waals surface area (Å²) in [6.45, 7) is 2.61. The number of nitrogens with one attached hydrogen (secondary N) is 1. The van der Waals surface area contributed by atoms with Gasteiger partial charge in [0.2, 0.25) is 0 Å². The molecule has 0 aliphatic carbocycles. The topological polar surface area (TPSA) is 12.0 Å². The Bertz CT molecular complexity index is 581. The van der Waals surface area contributed by atoms with Gasteiger partial charge < -0.3 is 5.32 Å². The minimum absolute atomic E-state index is 0.0999. The number of halogens is 4. The second-order valence-electron chi connectivity index (χ2n) is 4.44. The molecule has 1 heterocycles. The first-order chi connectivity index (χ1) is 9.83. The second-order valence-corrected chi connectivity index (χ2v) is 7.32. The van der Waals surface area contributed by atoms with Crippen LogP contribution in [0, 0.1) is 0 Å². The summed E-state index contributed by atoms with van der Waals surface area (Å²) in [6.07, 6.45) is 0. The molecule has 21 heavy (non-hydrogen) atoms. The van der Waals surface area contributed by atoms with E-state index in [0.717, 1.165) is 14.8 Å². The van der Waals surface area contributed by atoms with Crippen LogP contribution < -0.4 is 5.32 Å². The number of benzene rings is 1. The summed E-state index contributed by atoms with van der Waals surface area (Å²) >= 11 is 7.30. The van der Waals surface area contributed by atoms with Gasteiger partial charge >= 0.3 is 5.51 Å². The summed E-state index contributed by atoms with van der Waals surface area (Å²) in [5, 5.41) is 3.32. The van der Waals surface area contributed by atoms with Crippen LogP contribution in [0.4, 0.5) is 13.2 Å². The molecule has 0 fully saturated rings. The minimum atomic E-state index is -4.24. The van der Waals surface area contributed by atoms with Gasteiger partial charge in [0.05, 0.1) is 4.34 Å². The molecule has 1 N–H and O–H groups in total. The summed E-state index contributed by atoms with van der Waals surface area (Å²) in [6, 6.07) is 10.3. The molecule has 114 valence electrons. The Balaban J connectivity index is 1.89. The number of rotatable bonds is 5. The van der Waals surface area contributed by atoms with Crippen molar-refractivity contribution in [3.05, 3.63) is 51.2 Å². The van der Waals surface area contributed by atoms with Gasteiger partial charge in [-0.15, -0.1) is 11.3 Å². The van der Waals surface area contributed by atoms with E-state index >= 15 is 0 Å². The van der Waals surface area contributed by atoms with Crippen LogP contribution in [0.3, 0.4) is 0 Å². The van der Waals surface area contributed by atoms with Gasteiger partial charge in [-0.2, -0.15) is 13.2 Å². The number of hydrogen-bond acceptors (Lipinski definition) is 3. The molecule has 0 spiro atoms. The molecule has 1 aromatic heterocycles. The highest BCUT2D eigenvalue weighted by molar-refractivity contribution is 8.00. The molecule has 1 nitrogen and oxygen atoms in total. The average Bonchev–Trinajstić information content (AvgIpc) is 2.82. The summed E-state index contributed by atoms with van der Waals surface area (Å²) in [5.41, 5.74) is -3.30. The summed E-state index contributed by atoms with van der Waals surface area (Å²) in [5.74, 6) is 0. The van der Waals surface area contributed by atoms with Crippen molar-refractivity contribution in [2.75, 3.05) is 0 Å². The molecule has 1 aromatic carbocycles. The summed E-state index contributed by atoms with van der Waals surface area (Å²) < 4.78 is 37.4. The first-order valence-electron chi connectivity index (χ1n) is 6.17. The van der Waals surface area contributed by atoms with Crippen molar-refractivity contribution in [1.29, 1.82) is 0 Å². The van der Waals surface area contributed by atoms with E-state index in [2.05, 4.69) is 5.32 Å². The lowest BCUT2D eigenvalue weighted by molar-refractivity contribution is -0.0328. The van der Waals surface area contributed by atoms with Crippen molar-refractivity contribution in [3.63, 3.8) is 0 Å². The average molecular weight is 352 g/mol. The highest BCUT2D eigenvalue weighted by Gasteiger charge is 2.28. The van der Waals surface area contributed by atoms with Gasteiger partial charge in [0.1, 0.15) is 0 Å². The van der Waals surface area contributed by atoms with Gasteiger partial charge in [0.25, 0.3) is 0 Å². The summed E-state index contributed by atoms with van der Waals surface area (Å²) in [4.78, 5) is 1.33. The molecule has 1 atom stereocenters. The highest BCUT2D eigenvalue weighted by Crippen LogP contribution is 2.36. The van der Waals surface area contributed by atoms with Crippen LogP contribution in [-0.4, -0.2) is 5.51 Å². The van der Waals surface area contributed by atoms with E-state index in [4.69, 9.17) is 11.6 Å². The van der Waals surface area contributed by atoms with E-state index in [-0.39, 0.29) is 22.7 Å². The first-order valence-corrected chi connectivity index (χ1v) is 8.18. The molecule has 0 saturated carbocycles. The number of thioether (sulfide) groups is 1. The second kappa shape index (κ2) is 7.05. The zero-order valence-electron chi connectivity index (χ0n) is 11.1. The molecular weight excluding hydrogens is 339 g/mol. The van der Waals surface area contributed by atoms with E-state index in [1.807, 2.05) is 19.1 Å². The Morgan fingerprint density at radius 1 is 1.19 bits per heavy atom. The first kappa shape index (κ1) is 16.7. The molecule has 2 aromatic rings. The Morgan fingerprint density at radius 3 is 2.38 bits per heavy atom. The lowest BCUT2D eigenvalue weighted by Crippen LogP contribution is -2.17. The van der Waals surface area contributed by atoms with Gasteiger partial charge in [-0.25, -0.2) is 0 Å². The van der Waals surface area contributed by atoms with Gasteiger partial charge in [0, 0.05) is 22.4 Å². The Morgan fingerprint density at radius 2 is 1.86 bits per heavy atom. The molecule has 0 saturated heterocycles. The maximum atomic E-state index is 12.2. The monoisotopic (exact) mass is 351 g/mol. The lowest BCUT2D eigenvalue weighted by atomic mass is 10.2. The fourth-order valence-electron chi connectivity index (χ4n) is 1.74. The third kappa shape index (κ3) is 5.54. The third-order valence-corrected chi connectivity index (χ3v) is 4.94. The van der Waals surface area contributed by atoms with Crippen LogP contribution in [0.5, 0.6) is 0 Å². The molecule has 1 unspecified atom stereocenters. The smallest absolute Gasteiger partial charge is 0.305 e. The van der Waals surface area contributed by atoms with Crippen molar-refractivity contribution in [1.82, 2.24) is 5.32 Å². The van der Waals surface area contributed by atoms with E-state index in [9.17, 15) is 13.2 Å². The predicted octanol–water partition coefficient (Wildman–Crippen LogP) is 5.86. The van der Waals surface area contributed by atoms with Gasteiger partial charge in [-0.3, -0.25) is 0 Å². The Kier molecular flexibility index (Phi) is 5.60. The zero-order valence-corrected chi connectivity index (χ0v) is 13.5. The maximum absolute atomic E-state index is 12.2. The normalized spacial score (nSPS) is 13.4. The molecule has 0 aliphatic rings. The predicted molar refractivity (Wildman–Crippen MR) is 82.9 cm³/mol. The van der Waals surface area contributed by atoms with Crippen molar-refractivity contribution in [2.45, 2.75) is 29.9 Å². The standard InChI is InChI=1S/C14H13ClF3NS2/c1-9(12-6-7-13(15)20-12)19-8-10-2-4-11(5-3-10)21-14(16,17)18/h2-7,9,19H,8H2,1H3. The van der Waals surface area contributed by atoms with Crippen LogP contribution in [0.1, 0.15) is 23.4 Å². The quantitative estimate of drug-likeness (QED) is 0.676. The largest absolute Gasteiger partial charge is 0.446 e. The third-order valence-electron chi connectivity index (χ3n) is 2.79. The van der Waals surface area contributed by atoms with Crippen LogP contribution in [-0.2, 0) is 6.54 Å². The fourth-order valence-corrected chi connectivity index (χ4v) is 3.37. The highest BCUT2D eigenvalue weighted by atomic mass is 35.5. The van der Waals surface area contributed by atoms with E-state index in [0.29, 0.717) is 6.54 Å². The van der Waals surface area contributed by atoms with E-state index < -0.39 is 5.51 Å². The fraction of sp³-hybridized carbons (Fsp3) is 0.286. The van der Waals surface area contributed by atoms with E-state index in [1.165, 1.54) is 23.5 Å². The summed E-state index contributed by atoms with van der Waals surface area (Å²) in [7, 11) is 0. The molecule has 0 radical (unpaired) electrons. The molecule has 0 aliphatic heterocycles. The van der Waals surface area contributed by atoms with Gasteiger partial charge in [-0.1, -0.05) is 23.7 Å². The molecule has 0 amide bonds. The lowest BCUT2D eigenvalue weighted by Gasteiger charge is -2.12. The van der Waals surface area contributed by atoms with E-state index in [1.54, 1.807) is 12.1 Å². The zero-order chi connectivity index (χ0) is 15.5. The molecule has 0 bridgehead atoms. The van der Waals surface area contributed by atoms with Crippen molar-refractivity contribution >= 4 is 34.7 Å². The Labute approximate surface area is 134 Å². The van der Waals surface area contributed by atoms with Crippen LogP contribution in [0.2, 0.25) is 4.34 Å². The SMILES string of the molecule is CC(NCc1ccc(SC(F)(F)F)cc1)c1ccc(Cl)s1. The van der Waals surface area contributed by atoms with Gasteiger partial charge in [0.15, 0.2) is 0 Å². The Hall–Kier alpha value is -0.690. The van der Waals surface area contributed by atoms with Crippen molar-refractivity contribution in [2.24, 2.45) is 0 Å². The van der Waals surface area contributed by atoms with Gasteiger partial charge in [-0.05, 0) is 48.5 Å². The number of thiophene rings is 1. The molecule has 2 rings (SSSR count). The van der Waals surface area contributed by atoms with Crippen molar-refractivity contribution in [3.8, 4) is 0 Å². The minimum Gasteiger partial charge on any atom is -0.305 e. The number of hydrogen-bond donors (Lipinski definition) is 1. The van der Waals surface area contributed by atoms with Crippen LogP contribution in [0.15, 0.2) is 41.3 Å². The maximum Gasteiger partial charge on any atom is 0.446 e. The van der Waals surface area contributed by atoms with Crippen LogP contribution >= 0.6 is 34.7 Å². The van der Waals surface area contributed by atoms with Crippen LogP contribution in [0.25, 0.3) is 0 Å². The van der Waals surface area contributed by atoms with Crippen molar-refractivity contribution < 1.29 is 13.2 Å². The molecular formula is C14H13ClF3NS2. The molecule has 7 heteroatoms. The number of alkyl halides is 3.